The van der Waals surface area contributed by atoms with E-state index in [4.69, 9.17) is 0 Å². The zero-order valence-electron chi connectivity index (χ0n) is 21.1. The molecule has 180 valence electrons. The summed E-state index contributed by atoms with van der Waals surface area (Å²) in [4.78, 5) is 31.8. The van der Waals surface area contributed by atoms with Crippen molar-refractivity contribution in [3.05, 3.63) is 17.0 Å². The average Bonchev–Trinajstić information content (AvgIpc) is 2.98. The van der Waals surface area contributed by atoms with Gasteiger partial charge in [-0.15, -0.1) is 0 Å². The first-order valence-electron chi connectivity index (χ1n) is 12.4. The lowest BCUT2D eigenvalue weighted by atomic mass is 9.92. The highest BCUT2D eigenvalue weighted by atomic mass is 16.2. The fourth-order valence-corrected chi connectivity index (χ4v) is 5.32. The summed E-state index contributed by atoms with van der Waals surface area (Å²) in [5.41, 5.74) is 3.45. The highest BCUT2D eigenvalue weighted by molar-refractivity contribution is 5.79. The Hall–Kier alpha value is -1.89. The van der Waals surface area contributed by atoms with Crippen LogP contribution in [0.5, 0.6) is 0 Å². The number of piperazine rings is 1. The van der Waals surface area contributed by atoms with E-state index in [-0.39, 0.29) is 11.8 Å². The molecule has 2 aliphatic rings. The molecular weight excluding hydrogens is 402 g/mol. The van der Waals surface area contributed by atoms with Crippen molar-refractivity contribution in [2.24, 2.45) is 17.8 Å². The van der Waals surface area contributed by atoms with E-state index in [1.54, 1.807) is 0 Å². The maximum atomic E-state index is 12.8. The fraction of sp³-hybridized carbons (Fsp3) is 0.800. The van der Waals surface area contributed by atoms with Crippen LogP contribution in [-0.2, 0) is 22.6 Å². The monoisotopic (exact) mass is 445 g/mol. The molecule has 0 bridgehead atoms. The van der Waals surface area contributed by atoms with Gasteiger partial charge in [-0.3, -0.25) is 19.2 Å². The molecule has 0 saturated carbocycles. The topological polar surface area (TPSA) is 61.7 Å². The molecule has 0 spiro atoms. The van der Waals surface area contributed by atoms with Gasteiger partial charge in [-0.25, -0.2) is 0 Å². The molecule has 3 rings (SSSR count). The Kier molecular flexibility index (Phi) is 8.37. The van der Waals surface area contributed by atoms with Gasteiger partial charge < -0.3 is 9.80 Å². The molecule has 32 heavy (non-hydrogen) atoms. The van der Waals surface area contributed by atoms with Gasteiger partial charge >= 0.3 is 0 Å². The van der Waals surface area contributed by atoms with Crippen LogP contribution >= 0.6 is 0 Å². The number of rotatable bonds is 7. The van der Waals surface area contributed by atoms with Gasteiger partial charge in [0.05, 0.1) is 12.2 Å². The first-order chi connectivity index (χ1) is 15.1. The molecule has 2 unspecified atom stereocenters. The zero-order valence-corrected chi connectivity index (χ0v) is 21.1. The molecule has 2 aliphatic heterocycles. The van der Waals surface area contributed by atoms with E-state index in [2.05, 4.69) is 49.3 Å². The summed E-state index contributed by atoms with van der Waals surface area (Å²) in [6, 6.07) is 0. The van der Waals surface area contributed by atoms with Crippen LogP contribution in [0.15, 0.2) is 0 Å². The first kappa shape index (κ1) is 24.7. The summed E-state index contributed by atoms with van der Waals surface area (Å²) in [5, 5.41) is 4.68. The average molecular weight is 446 g/mol. The van der Waals surface area contributed by atoms with E-state index in [1.165, 1.54) is 17.7 Å². The number of piperidine rings is 1. The molecule has 0 N–H and O–H groups in total. The molecule has 2 amide bonds. The van der Waals surface area contributed by atoms with E-state index in [0.717, 1.165) is 44.8 Å². The van der Waals surface area contributed by atoms with Crippen LogP contribution in [0.3, 0.4) is 0 Å². The minimum absolute atomic E-state index is 0.213. The maximum Gasteiger partial charge on any atom is 0.236 e. The van der Waals surface area contributed by atoms with Crippen molar-refractivity contribution < 1.29 is 9.59 Å². The van der Waals surface area contributed by atoms with Crippen LogP contribution in [0.1, 0.15) is 57.5 Å². The van der Waals surface area contributed by atoms with Crippen molar-refractivity contribution in [2.45, 2.75) is 67.3 Å². The zero-order chi connectivity index (χ0) is 23.4. The van der Waals surface area contributed by atoms with Crippen molar-refractivity contribution in [2.75, 3.05) is 45.8 Å². The lowest BCUT2D eigenvalue weighted by molar-refractivity contribution is -0.136. The van der Waals surface area contributed by atoms with Crippen molar-refractivity contribution in [3.63, 3.8) is 0 Å². The third kappa shape index (κ3) is 6.33. The lowest BCUT2D eigenvalue weighted by Crippen LogP contribution is -2.53. The fourth-order valence-electron chi connectivity index (χ4n) is 5.32. The molecule has 2 fully saturated rings. The normalized spacial score (nSPS) is 22.6. The third-order valence-electron chi connectivity index (χ3n) is 6.96. The Labute approximate surface area is 194 Å². The number of amides is 2. The number of aryl methyl sites for hydroxylation is 1. The van der Waals surface area contributed by atoms with E-state index in [0.29, 0.717) is 43.8 Å². The Morgan fingerprint density at radius 3 is 2.19 bits per heavy atom. The molecule has 2 atom stereocenters. The van der Waals surface area contributed by atoms with Crippen LogP contribution in [0.25, 0.3) is 0 Å². The molecule has 0 aliphatic carbocycles. The largest absolute Gasteiger partial charge is 0.341 e. The molecule has 1 aromatic heterocycles. The van der Waals surface area contributed by atoms with Crippen molar-refractivity contribution >= 4 is 11.8 Å². The van der Waals surface area contributed by atoms with Gasteiger partial charge in [0.2, 0.25) is 11.8 Å². The first-order valence-corrected chi connectivity index (χ1v) is 12.4. The standard InChI is InChI=1S/C25H43N5O2/c1-18(2)14-30-22(6)23(21(5)26-30)7-8-24(31)28-11-9-27(10-12-28)17-25(32)29-15-19(3)13-20(4)16-29/h18-20H,7-17H2,1-6H3. The molecule has 7 heteroatoms. The smallest absolute Gasteiger partial charge is 0.236 e. The number of carbonyl (C=O) groups is 2. The summed E-state index contributed by atoms with van der Waals surface area (Å²) >= 11 is 0. The number of hydrogen-bond acceptors (Lipinski definition) is 4. The molecule has 2 saturated heterocycles. The summed E-state index contributed by atoms with van der Waals surface area (Å²) in [7, 11) is 0. The molecule has 7 nitrogen and oxygen atoms in total. The van der Waals surface area contributed by atoms with Crippen LogP contribution in [0.2, 0.25) is 0 Å². The molecule has 1 aromatic rings. The van der Waals surface area contributed by atoms with Gasteiger partial charge in [0.15, 0.2) is 0 Å². The quantitative estimate of drug-likeness (QED) is 0.647. The summed E-state index contributed by atoms with van der Waals surface area (Å²) in [6.07, 6.45) is 2.48. The van der Waals surface area contributed by atoms with E-state index < -0.39 is 0 Å². The van der Waals surface area contributed by atoms with Gasteiger partial charge in [0, 0.05) is 57.9 Å². The minimum Gasteiger partial charge on any atom is -0.341 e. The predicted octanol–water partition coefficient (Wildman–Crippen LogP) is 2.74. The highest BCUT2D eigenvalue weighted by Crippen LogP contribution is 2.21. The SMILES string of the molecule is Cc1nn(CC(C)C)c(C)c1CCC(=O)N1CCN(CC(=O)N2CC(C)CC(C)C2)CC1. The van der Waals surface area contributed by atoms with Gasteiger partial charge in [-0.2, -0.15) is 5.10 Å². The van der Waals surface area contributed by atoms with E-state index >= 15 is 0 Å². The Balaban J connectivity index is 1.44. The maximum absolute atomic E-state index is 12.8. The van der Waals surface area contributed by atoms with Gasteiger partial charge in [-0.05, 0) is 50.0 Å². The number of aromatic nitrogens is 2. The van der Waals surface area contributed by atoms with Gasteiger partial charge in [0.1, 0.15) is 0 Å². The molecular formula is C25H43N5O2. The number of hydrogen-bond donors (Lipinski definition) is 0. The Morgan fingerprint density at radius 1 is 0.969 bits per heavy atom. The van der Waals surface area contributed by atoms with Gasteiger partial charge in [0.25, 0.3) is 0 Å². The van der Waals surface area contributed by atoms with Crippen molar-refractivity contribution in [1.29, 1.82) is 0 Å². The van der Waals surface area contributed by atoms with Crippen molar-refractivity contribution in [1.82, 2.24) is 24.5 Å². The van der Waals surface area contributed by atoms with E-state index in [9.17, 15) is 9.59 Å². The number of likely N-dealkylation sites (tertiary alicyclic amines) is 1. The second-order valence-corrected chi connectivity index (χ2v) is 10.6. The van der Waals surface area contributed by atoms with Crippen LogP contribution < -0.4 is 0 Å². The third-order valence-corrected chi connectivity index (χ3v) is 6.96. The predicted molar refractivity (Wildman–Crippen MR) is 127 cm³/mol. The molecule has 0 aromatic carbocycles. The van der Waals surface area contributed by atoms with Gasteiger partial charge in [-0.1, -0.05) is 27.7 Å². The highest BCUT2D eigenvalue weighted by Gasteiger charge is 2.28. The van der Waals surface area contributed by atoms with Crippen LogP contribution in [-0.4, -0.2) is 82.1 Å². The molecule has 0 radical (unpaired) electrons. The summed E-state index contributed by atoms with van der Waals surface area (Å²) < 4.78 is 2.08. The number of nitrogens with zero attached hydrogens (tertiary/aromatic N) is 5. The second-order valence-electron chi connectivity index (χ2n) is 10.6. The van der Waals surface area contributed by atoms with E-state index in [1.807, 2.05) is 16.7 Å². The Morgan fingerprint density at radius 2 is 1.59 bits per heavy atom. The molecule has 3 heterocycles. The second kappa shape index (κ2) is 10.8. The summed E-state index contributed by atoms with van der Waals surface area (Å²) in [5.74, 6) is 2.17. The van der Waals surface area contributed by atoms with Crippen LogP contribution in [0.4, 0.5) is 0 Å². The minimum atomic E-state index is 0.213. The lowest BCUT2D eigenvalue weighted by Gasteiger charge is -2.38. The number of carbonyl (C=O) groups excluding carboxylic acids is 2. The Bertz CT molecular complexity index is 784. The van der Waals surface area contributed by atoms with Crippen molar-refractivity contribution in [3.8, 4) is 0 Å². The van der Waals surface area contributed by atoms with Crippen LogP contribution in [0, 0.1) is 31.6 Å². The summed E-state index contributed by atoms with van der Waals surface area (Å²) in [6.45, 7) is 19.2.